The van der Waals surface area contributed by atoms with Crippen LogP contribution in [0.1, 0.15) is 26.5 Å². The predicted molar refractivity (Wildman–Crippen MR) is 62.9 cm³/mol. The molecule has 2 heterocycles. The van der Waals surface area contributed by atoms with E-state index in [1.165, 1.54) is 12.1 Å². The molecule has 0 aliphatic rings. The number of carboxylic acids is 2. The van der Waals surface area contributed by atoms with Gasteiger partial charge in [-0.1, -0.05) is 0 Å². The maximum Gasteiger partial charge on any atom is 0.354 e. The number of carbonyl (C=O) groups is 2. The number of carboxylic acid groups (broad SMARTS) is 2. The summed E-state index contributed by atoms with van der Waals surface area (Å²) in [5.74, 6) is -2.50. The van der Waals surface area contributed by atoms with Gasteiger partial charge in [0.1, 0.15) is 30.3 Å². The van der Waals surface area contributed by atoms with Crippen molar-refractivity contribution in [2.45, 2.75) is 6.54 Å². The van der Waals surface area contributed by atoms with Crippen molar-refractivity contribution in [2.75, 3.05) is 0 Å². The van der Waals surface area contributed by atoms with E-state index in [1.807, 2.05) is 22.4 Å². The fourth-order valence-corrected chi connectivity index (χ4v) is 1.70. The number of aromatic nitrogens is 3. The molecule has 0 fully saturated rings. The topological polar surface area (TPSA) is 96.3 Å². The first kappa shape index (κ1) is 12.7. The minimum absolute atomic E-state index is 0.272. The van der Waals surface area contributed by atoms with E-state index in [0.29, 0.717) is 12.1 Å². The average Bonchev–Trinajstić information content (AvgIpc) is 2.74. The highest BCUT2D eigenvalue weighted by Crippen LogP contribution is 2.08. The van der Waals surface area contributed by atoms with Crippen molar-refractivity contribution in [3.8, 4) is 0 Å². The minimum Gasteiger partial charge on any atom is -0.477 e. The van der Waals surface area contributed by atoms with Crippen molar-refractivity contribution in [1.29, 1.82) is 0 Å². The van der Waals surface area contributed by atoms with Crippen molar-refractivity contribution in [3.63, 3.8) is 0 Å². The van der Waals surface area contributed by atoms with Gasteiger partial charge in [0.15, 0.2) is 0 Å². The standard InChI is InChI=1S/C12H11N3O4/c1-14-2-3-15(7-14)6-8-4-9(11(16)17)13-10(5-8)12(18)19/h2-5,7H,6H2,1H3,(H-,16,17,18,19)/p+1. The molecule has 7 nitrogen and oxygen atoms in total. The minimum atomic E-state index is -1.25. The summed E-state index contributed by atoms with van der Waals surface area (Å²) in [4.78, 5) is 25.4. The number of nitrogens with zero attached hydrogens (tertiary/aromatic N) is 3. The molecule has 2 aromatic rings. The van der Waals surface area contributed by atoms with Gasteiger partial charge in [0.2, 0.25) is 6.33 Å². The molecule has 0 aliphatic carbocycles. The van der Waals surface area contributed by atoms with Crippen LogP contribution in [0.25, 0.3) is 0 Å². The van der Waals surface area contributed by atoms with Gasteiger partial charge in [-0.3, -0.25) is 0 Å². The number of rotatable bonds is 4. The molecule has 0 unspecified atom stereocenters. The zero-order valence-electron chi connectivity index (χ0n) is 10.1. The van der Waals surface area contributed by atoms with Crippen LogP contribution in [0, 0.1) is 0 Å². The number of hydrogen-bond acceptors (Lipinski definition) is 3. The highest BCUT2D eigenvalue weighted by molar-refractivity contribution is 5.90. The van der Waals surface area contributed by atoms with Crippen LogP contribution in [0.2, 0.25) is 0 Å². The molecule has 0 saturated heterocycles. The van der Waals surface area contributed by atoms with Crippen molar-refractivity contribution < 1.29 is 24.4 Å². The Hall–Kier alpha value is -2.70. The number of imidazole rings is 1. The van der Waals surface area contributed by atoms with Gasteiger partial charge in [-0.15, -0.1) is 0 Å². The van der Waals surface area contributed by atoms with Crippen LogP contribution in [0.4, 0.5) is 0 Å². The quantitative estimate of drug-likeness (QED) is 0.765. The van der Waals surface area contributed by atoms with Gasteiger partial charge in [-0.25, -0.2) is 23.7 Å². The summed E-state index contributed by atoms with van der Waals surface area (Å²) in [6.45, 7) is 0.379. The van der Waals surface area contributed by atoms with Crippen LogP contribution in [0.15, 0.2) is 30.9 Å². The number of aromatic carboxylic acids is 2. The molecule has 0 aliphatic heterocycles. The zero-order valence-corrected chi connectivity index (χ0v) is 10.1. The van der Waals surface area contributed by atoms with E-state index in [4.69, 9.17) is 10.2 Å². The lowest BCUT2D eigenvalue weighted by Gasteiger charge is -2.02. The molecule has 0 radical (unpaired) electrons. The van der Waals surface area contributed by atoms with Crippen LogP contribution in [-0.2, 0) is 13.6 Å². The third-order valence-electron chi connectivity index (χ3n) is 2.51. The number of aryl methyl sites for hydroxylation is 1. The summed E-state index contributed by atoms with van der Waals surface area (Å²) >= 11 is 0. The Morgan fingerprint density at radius 2 is 1.84 bits per heavy atom. The maximum absolute atomic E-state index is 10.9. The van der Waals surface area contributed by atoms with E-state index in [1.54, 1.807) is 12.5 Å². The second-order valence-corrected chi connectivity index (χ2v) is 4.11. The van der Waals surface area contributed by atoms with E-state index in [0.717, 1.165) is 0 Å². The van der Waals surface area contributed by atoms with Gasteiger partial charge in [0.25, 0.3) is 0 Å². The second kappa shape index (κ2) is 4.89. The summed E-state index contributed by atoms with van der Waals surface area (Å²) in [5, 5.41) is 17.8. The highest BCUT2D eigenvalue weighted by Gasteiger charge is 2.14. The van der Waals surface area contributed by atoms with Crippen molar-refractivity contribution in [2.24, 2.45) is 7.05 Å². The molecule has 0 saturated carbocycles. The third-order valence-corrected chi connectivity index (χ3v) is 2.51. The first-order chi connectivity index (χ1) is 8.95. The fourth-order valence-electron chi connectivity index (χ4n) is 1.70. The second-order valence-electron chi connectivity index (χ2n) is 4.11. The van der Waals surface area contributed by atoms with Gasteiger partial charge < -0.3 is 10.2 Å². The van der Waals surface area contributed by atoms with Crippen LogP contribution < -0.4 is 4.57 Å². The Morgan fingerprint density at radius 1 is 1.26 bits per heavy atom. The monoisotopic (exact) mass is 262 g/mol. The fraction of sp³-hybridized carbons (Fsp3) is 0.167. The molecule has 19 heavy (non-hydrogen) atoms. The molecule has 7 heteroatoms. The van der Waals surface area contributed by atoms with Crippen LogP contribution >= 0.6 is 0 Å². The smallest absolute Gasteiger partial charge is 0.354 e. The molecular formula is C12H12N3O4+. The van der Waals surface area contributed by atoms with Gasteiger partial charge in [0.05, 0.1) is 7.05 Å². The van der Waals surface area contributed by atoms with Crippen LogP contribution in [-0.4, -0.2) is 31.7 Å². The highest BCUT2D eigenvalue weighted by atomic mass is 16.4. The van der Waals surface area contributed by atoms with E-state index < -0.39 is 11.9 Å². The van der Waals surface area contributed by atoms with E-state index in [-0.39, 0.29) is 11.4 Å². The predicted octanol–water partition coefficient (Wildman–Crippen LogP) is 0.152. The summed E-state index contributed by atoms with van der Waals surface area (Å²) in [7, 11) is 1.86. The van der Waals surface area contributed by atoms with E-state index in [9.17, 15) is 9.59 Å². The Balaban J connectivity index is 2.38. The number of pyridine rings is 1. The summed E-state index contributed by atoms with van der Waals surface area (Å²) in [5.41, 5.74) is 0.0267. The van der Waals surface area contributed by atoms with Crippen LogP contribution in [0.5, 0.6) is 0 Å². The van der Waals surface area contributed by atoms with E-state index >= 15 is 0 Å². The molecule has 2 aromatic heterocycles. The molecule has 0 aromatic carbocycles. The van der Waals surface area contributed by atoms with Crippen molar-refractivity contribution >= 4 is 11.9 Å². The largest absolute Gasteiger partial charge is 0.477 e. The molecular weight excluding hydrogens is 250 g/mol. The first-order valence-corrected chi connectivity index (χ1v) is 5.44. The maximum atomic E-state index is 10.9. The summed E-state index contributed by atoms with van der Waals surface area (Å²) in [6.07, 6.45) is 5.44. The lowest BCUT2D eigenvalue weighted by Crippen LogP contribution is -2.23. The SMILES string of the molecule is C[n+]1ccn(Cc2cc(C(=O)O)nc(C(=O)O)c2)c1. The van der Waals surface area contributed by atoms with Gasteiger partial charge in [-0.05, 0) is 17.7 Å². The van der Waals surface area contributed by atoms with Gasteiger partial charge >= 0.3 is 11.9 Å². The molecule has 2 rings (SSSR count). The third kappa shape index (κ3) is 2.95. The average molecular weight is 262 g/mol. The lowest BCUT2D eigenvalue weighted by atomic mass is 10.2. The van der Waals surface area contributed by atoms with Gasteiger partial charge in [-0.2, -0.15) is 0 Å². The Bertz CT molecular complexity index is 616. The lowest BCUT2D eigenvalue weighted by molar-refractivity contribution is -0.671. The summed E-state index contributed by atoms with van der Waals surface area (Å²) < 4.78 is 3.64. The molecule has 98 valence electrons. The zero-order chi connectivity index (χ0) is 14.0. The Labute approximate surface area is 108 Å². The summed E-state index contributed by atoms with van der Waals surface area (Å²) in [6, 6.07) is 2.74. The first-order valence-electron chi connectivity index (χ1n) is 5.44. The molecule has 0 bridgehead atoms. The molecule has 0 amide bonds. The van der Waals surface area contributed by atoms with Crippen molar-refractivity contribution in [1.82, 2.24) is 9.55 Å². The van der Waals surface area contributed by atoms with Crippen molar-refractivity contribution in [3.05, 3.63) is 47.8 Å². The Morgan fingerprint density at radius 3 is 2.26 bits per heavy atom. The molecule has 2 N–H and O–H groups in total. The van der Waals surface area contributed by atoms with E-state index in [2.05, 4.69) is 4.98 Å². The van der Waals surface area contributed by atoms with Crippen LogP contribution in [0.3, 0.4) is 0 Å². The Kier molecular flexibility index (Phi) is 3.28. The normalized spacial score (nSPS) is 10.4. The van der Waals surface area contributed by atoms with Gasteiger partial charge in [0, 0.05) is 0 Å². The molecule has 0 atom stereocenters. The molecule has 0 spiro atoms. The number of hydrogen-bond donors (Lipinski definition) is 2.